The summed E-state index contributed by atoms with van der Waals surface area (Å²) in [5.41, 5.74) is 1.04. The second kappa shape index (κ2) is 7.31. The molecule has 0 amide bonds. The highest BCUT2D eigenvalue weighted by molar-refractivity contribution is 7.89. The molecule has 21 heavy (non-hydrogen) atoms. The topological polar surface area (TPSA) is 68.7 Å². The van der Waals surface area contributed by atoms with Gasteiger partial charge >= 0.3 is 0 Å². The van der Waals surface area contributed by atoms with Crippen LogP contribution in [-0.2, 0) is 26.1 Å². The molecule has 0 radical (unpaired) electrons. The summed E-state index contributed by atoms with van der Waals surface area (Å²) in [7, 11) is -1.79. The van der Waals surface area contributed by atoms with Crippen LogP contribution in [0.4, 0.5) is 0 Å². The third-order valence-electron chi connectivity index (χ3n) is 3.61. The normalized spacial score (nSPS) is 21.5. The van der Waals surface area contributed by atoms with Crippen molar-refractivity contribution in [3.05, 3.63) is 30.1 Å². The average Bonchev–Trinajstić information content (AvgIpc) is 2.96. The zero-order valence-corrected chi connectivity index (χ0v) is 13.3. The molecular formula is C14H22N2O4S. The van der Waals surface area contributed by atoms with E-state index >= 15 is 0 Å². The SMILES string of the molecule is COC[C@H](C)S(=O)(=O)N1CC[C@H](OCc2ccncc2)C1. The van der Waals surface area contributed by atoms with Gasteiger partial charge in [-0.15, -0.1) is 0 Å². The monoisotopic (exact) mass is 314 g/mol. The summed E-state index contributed by atoms with van der Waals surface area (Å²) in [5, 5.41) is -0.526. The summed E-state index contributed by atoms with van der Waals surface area (Å²) in [4.78, 5) is 3.95. The van der Waals surface area contributed by atoms with E-state index in [1.54, 1.807) is 19.3 Å². The van der Waals surface area contributed by atoms with Crippen molar-refractivity contribution < 1.29 is 17.9 Å². The van der Waals surface area contributed by atoms with Gasteiger partial charge in [0.15, 0.2) is 0 Å². The molecule has 1 aromatic heterocycles. The fourth-order valence-corrected chi connectivity index (χ4v) is 3.88. The summed E-state index contributed by atoms with van der Waals surface area (Å²) < 4.78 is 36.9. The van der Waals surface area contributed by atoms with Gasteiger partial charge in [0.1, 0.15) is 0 Å². The Labute approximate surface area is 126 Å². The summed E-state index contributed by atoms with van der Waals surface area (Å²) >= 11 is 0. The van der Waals surface area contributed by atoms with Crippen molar-refractivity contribution in [3.8, 4) is 0 Å². The smallest absolute Gasteiger partial charge is 0.219 e. The number of hydrogen-bond donors (Lipinski definition) is 0. The highest BCUT2D eigenvalue weighted by Gasteiger charge is 2.35. The van der Waals surface area contributed by atoms with Crippen molar-refractivity contribution >= 4 is 10.0 Å². The van der Waals surface area contributed by atoms with Crippen LogP contribution < -0.4 is 0 Å². The molecule has 1 aliphatic rings. The van der Waals surface area contributed by atoms with E-state index < -0.39 is 15.3 Å². The van der Waals surface area contributed by atoms with Gasteiger partial charge in [-0.1, -0.05) is 0 Å². The van der Waals surface area contributed by atoms with Crippen molar-refractivity contribution in [2.24, 2.45) is 0 Å². The summed E-state index contributed by atoms with van der Waals surface area (Å²) in [6, 6.07) is 3.79. The molecule has 0 N–H and O–H groups in total. The maximum Gasteiger partial charge on any atom is 0.219 e. The first-order chi connectivity index (χ1) is 10.0. The van der Waals surface area contributed by atoms with Crippen LogP contribution in [0.3, 0.4) is 0 Å². The molecule has 0 spiro atoms. The standard InChI is InChI=1S/C14H22N2O4S/c1-12(10-19-2)21(17,18)16-8-5-14(9-16)20-11-13-3-6-15-7-4-13/h3-4,6-7,12,14H,5,8-11H2,1-2H3/t12-,14-/m0/s1. The Hall–Kier alpha value is -1.02. The van der Waals surface area contributed by atoms with Crippen LogP contribution in [0.1, 0.15) is 18.9 Å². The molecular weight excluding hydrogens is 292 g/mol. The van der Waals surface area contributed by atoms with Crippen LogP contribution in [0, 0.1) is 0 Å². The van der Waals surface area contributed by atoms with E-state index in [-0.39, 0.29) is 12.7 Å². The average molecular weight is 314 g/mol. The molecule has 1 aliphatic heterocycles. The first kappa shape index (κ1) is 16.4. The zero-order chi connectivity index (χ0) is 15.3. The molecule has 0 aliphatic carbocycles. The van der Waals surface area contributed by atoms with Crippen LogP contribution in [0.5, 0.6) is 0 Å². The fraction of sp³-hybridized carbons (Fsp3) is 0.643. The molecule has 7 heteroatoms. The number of sulfonamides is 1. The number of hydrogen-bond acceptors (Lipinski definition) is 5. The third kappa shape index (κ3) is 4.23. The van der Waals surface area contributed by atoms with Gasteiger partial charge in [0.05, 0.1) is 24.6 Å². The highest BCUT2D eigenvalue weighted by Crippen LogP contribution is 2.20. The van der Waals surface area contributed by atoms with Crippen molar-refractivity contribution in [1.29, 1.82) is 0 Å². The maximum absolute atomic E-state index is 12.3. The lowest BCUT2D eigenvalue weighted by atomic mass is 10.3. The third-order valence-corrected chi connectivity index (χ3v) is 5.82. The molecule has 0 unspecified atom stereocenters. The van der Waals surface area contributed by atoms with E-state index in [0.29, 0.717) is 19.7 Å². The number of pyridine rings is 1. The van der Waals surface area contributed by atoms with E-state index in [0.717, 1.165) is 12.0 Å². The Morgan fingerprint density at radius 2 is 2.14 bits per heavy atom. The molecule has 0 aromatic carbocycles. The molecule has 0 bridgehead atoms. The van der Waals surface area contributed by atoms with Gasteiger partial charge in [-0.3, -0.25) is 4.98 Å². The van der Waals surface area contributed by atoms with Crippen LogP contribution in [0.25, 0.3) is 0 Å². The molecule has 118 valence electrons. The molecule has 1 aromatic rings. The van der Waals surface area contributed by atoms with E-state index in [4.69, 9.17) is 9.47 Å². The minimum Gasteiger partial charge on any atom is -0.383 e. The van der Waals surface area contributed by atoms with E-state index in [1.807, 2.05) is 12.1 Å². The highest BCUT2D eigenvalue weighted by atomic mass is 32.2. The second-order valence-electron chi connectivity index (χ2n) is 5.25. The van der Waals surface area contributed by atoms with Crippen LogP contribution in [-0.4, -0.2) is 55.9 Å². The lowest BCUT2D eigenvalue weighted by molar-refractivity contribution is 0.0507. The van der Waals surface area contributed by atoms with Gasteiger partial charge in [0, 0.05) is 32.6 Å². The van der Waals surface area contributed by atoms with Gasteiger partial charge in [0.25, 0.3) is 0 Å². The molecule has 2 atom stereocenters. The Morgan fingerprint density at radius 1 is 1.43 bits per heavy atom. The van der Waals surface area contributed by atoms with E-state index in [9.17, 15) is 8.42 Å². The number of nitrogens with zero attached hydrogens (tertiary/aromatic N) is 2. The minimum atomic E-state index is -3.30. The Bertz CT molecular complexity index is 535. The number of rotatable bonds is 7. The first-order valence-electron chi connectivity index (χ1n) is 7.02. The zero-order valence-electron chi connectivity index (χ0n) is 12.4. The number of methoxy groups -OCH3 is 1. The van der Waals surface area contributed by atoms with Gasteiger partial charge in [-0.05, 0) is 31.0 Å². The van der Waals surface area contributed by atoms with Crippen molar-refractivity contribution in [2.75, 3.05) is 26.8 Å². The number of ether oxygens (including phenoxy) is 2. The van der Waals surface area contributed by atoms with Crippen LogP contribution in [0.2, 0.25) is 0 Å². The Balaban J connectivity index is 1.86. The van der Waals surface area contributed by atoms with E-state index in [1.165, 1.54) is 11.4 Å². The Kier molecular flexibility index (Phi) is 5.69. The predicted molar refractivity (Wildman–Crippen MR) is 79.3 cm³/mol. The summed E-state index contributed by atoms with van der Waals surface area (Å²) in [5.74, 6) is 0. The molecule has 1 saturated heterocycles. The number of aromatic nitrogens is 1. The Morgan fingerprint density at radius 3 is 2.81 bits per heavy atom. The predicted octanol–water partition coefficient (Wildman–Crippen LogP) is 1.04. The van der Waals surface area contributed by atoms with Crippen LogP contribution >= 0.6 is 0 Å². The molecule has 1 fully saturated rings. The molecule has 0 saturated carbocycles. The van der Waals surface area contributed by atoms with E-state index in [2.05, 4.69) is 4.98 Å². The quantitative estimate of drug-likeness (QED) is 0.752. The van der Waals surface area contributed by atoms with Crippen molar-refractivity contribution in [1.82, 2.24) is 9.29 Å². The fourth-order valence-electron chi connectivity index (χ4n) is 2.33. The minimum absolute atomic E-state index is 0.0531. The molecule has 6 nitrogen and oxygen atoms in total. The largest absolute Gasteiger partial charge is 0.383 e. The van der Waals surface area contributed by atoms with Crippen molar-refractivity contribution in [2.45, 2.75) is 31.3 Å². The van der Waals surface area contributed by atoms with Gasteiger partial charge in [-0.25, -0.2) is 8.42 Å². The first-order valence-corrected chi connectivity index (χ1v) is 8.52. The lowest BCUT2D eigenvalue weighted by Gasteiger charge is -2.21. The molecule has 2 rings (SSSR count). The summed E-state index contributed by atoms with van der Waals surface area (Å²) in [6.07, 6.45) is 4.11. The van der Waals surface area contributed by atoms with Crippen LogP contribution in [0.15, 0.2) is 24.5 Å². The van der Waals surface area contributed by atoms with Gasteiger partial charge in [-0.2, -0.15) is 4.31 Å². The van der Waals surface area contributed by atoms with Crippen molar-refractivity contribution in [3.63, 3.8) is 0 Å². The second-order valence-corrected chi connectivity index (χ2v) is 7.60. The van der Waals surface area contributed by atoms with Gasteiger partial charge in [0.2, 0.25) is 10.0 Å². The van der Waals surface area contributed by atoms with Gasteiger partial charge < -0.3 is 9.47 Å². The summed E-state index contributed by atoms with van der Waals surface area (Å²) in [6.45, 7) is 3.29. The molecule has 2 heterocycles. The maximum atomic E-state index is 12.3. The lowest BCUT2D eigenvalue weighted by Crippen LogP contribution is -2.38.